The van der Waals surface area contributed by atoms with Crippen molar-refractivity contribution in [1.29, 1.82) is 0 Å². The van der Waals surface area contributed by atoms with E-state index in [1.807, 2.05) is 0 Å². The number of allylic oxidation sites excluding steroid dienone is 8. The molecule has 0 aromatic rings. The lowest BCUT2D eigenvalue weighted by Crippen LogP contribution is -2.30. The Balaban J connectivity index is 4.33. The second kappa shape index (κ2) is 54.0. The molecule has 0 aromatic heterocycles. The Morgan fingerprint density at radius 3 is 0.938 bits per heavy atom. The van der Waals surface area contributed by atoms with Gasteiger partial charge < -0.3 is 14.2 Å². The van der Waals surface area contributed by atoms with Crippen LogP contribution < -0.4 is 0 Å². The Morgan fingerprint density at radius 1 is 0.308 bits per heavy atom. The number of carbonyl (C=O) groups is 3. The summed E-state index contributed by atoms with van der Waals surface area (Å²) in [6, 6.07) is 0. The predicted octanol–water partition coefficient (Wildman–Crippen LogP) is 18.7. The Bertz CT molecular complexity index is 1140. The molecule has 0 aliphatic rings. The van der Waals surface area contributed by atoms with Crippen LogP contribution in [0.15, 0.2) is 48.6 Å². The molecule has 0 rings (SSSR count). The summed E-state index contributed by atoms with van der Waals surface area (Å²) < 4.78 is 16.8. The first kappa shape index (κ1) is 62.4. The number of unbranched alkanes of at least 4 members (excludes halogenated alkanes) is 32. The van der Waals surface area contributed by atoms with E-state index in [2.05, 4.69) is 69.4 Å². The molecule has 0 fully saturated rings. The molecule has 0 aromatic carbocycles. The number of carbonyl (C=O) groups excluding carboxylic acids is 3. The predicted molar refractivity (Wildman–Crippen MR) is 279 cm³/mol. The molecule has 0 heterocycles. The highest BCUT2D eigenvalue weighted by Crippen LogP contribution is 2.15. The van der Waals surface area contributed by atoms with Crippen LogP contribution >= 0.6 is 0 Å². The summed E-state index contributed by atoms with van der Waals surface area (Å²) in [5, 5.41) is 0. The van der Waals surface area contributed by atoms with Crippen LogP contribution in [0.3, 0.4) is 0 Å². The van der Waals surface area contributed by atoms with E-state index < -0.39 is 6.10 Å². The Morgan fingerprint density at radius 2 is 0.569 bits per heavy atom. The minimum atomic E-state index is -0.780. The maximum atomic E-state index is 12.8. The summed E-state index contributed by atoms with van der Waals surface area (Å²) >= 11 is 0. The van der Waals surface area contributed by atoms with Gasteiger partial charge in [0, 0.05) is 19.3 Å². The first-order chi connectivity index (χ1) is 32.0. The molecule has 65 heavy (non-hydrogen) atoms. The molecule has 0 saturated heterocycles. The second-order valence-corrected chi connectivity index (χ2v) is 18.8. The average molecular weight is 911 g/mol. The van der Waals surface area contributed by atoms with Crippen LogP contribution in [-0.4, -0.2) is 37.2 Å². The van der Waals surface area contributed by atoms with E-state index in [4.69, 9.17) is 14.2 Å². The molecule has 0 bridgehead atoms. The lowest BCUT2D eigenvalue weighted by molar-refractivity contribution is -0.167. The van der Waals surface area contributed by atoms with Gasteiger partial charge >= 0.3 is 17.9 Å². The van der Waals surface area contributed by atoms with Crippen molar-refractivity contribution in [2.75, 3.05) is 13.2 Å². The van der Waals surface area contributed by atoms with Crippen LogP contribution in [-0.2, 0) is 28.6 Å². The fourth-order valence-corrected chi connectivity index (χ4v) is 7.98. The van der Waals surface area contributed by atoms with Gasteiger partial charge in [0.15, 0.2) is 6.10 Å². The second-order valence-electron chi connectivity index (χ2n) is 18.8. The highest BCUT2D eigenvalue weighted by molar-refractivity contribution is 5.71. The van der Waals surface area contributed by atoms with Crippen molar-refractivity contribution in [3.05, 3.63) is 48.6 Å². The molecular weight excluding hydrogens is 805 g/mol. The van der Waals surface area contributed by atoms with Crippen molar-refractivity contribution in [3.63, 3.8) is 0 Å². The largest absolute Gasteiger partial charge is 0.462 e. The molecule has 0 aliphatic heterocycles. The number of ether oxygens (including phenoxy) is 3. The van der Waals surface area contributed by atoms with Gasteiger partial charge in [-0.25, -0.2) is 0 Å². The lowest BCUT2D eigenvalue weighted by atomic mass is 10.1. The Kier molecular flexibility index (Phi) is 51.8. The summed E-state index contributed by atoms with van der Waals surface area (Å²) in [6.45, 7) is 6.58. The van der Waals surface area contributed by atoms with Crippen LogP contribution in [0.2, 0.25) is 0 Å². The zero-order valence-corrected chi connectivity index (χ0v) is 43.3. The van der Waals surface area contributed by atoms with Crippen LogP contribution in [0.1, 0.15) is 290 Å². The van der Waals surface area contributed by atoms with Crippen LogP contribution in [0.5, 0.6) is 0 Å². The maximum absolute atomic E-state index is 12.8. The number of rotatable bonds is 51. The highest BCUT2D eigenvalue weighted by atomic mass is 16.6. The fourth-order valence-electron chi connectivity index (χ4n) is 7.98. The van der Waals surface area contributed by atoms with Crippen LogP contribution in [0.25, 0.3) is 0 Å². The van der Waals surface area contributed by atoms with Crippen molar-refractivity contribution in [2.45, 2.75) is 297 Å². The Hall–Kier alpha value is -2.63. The van der Waals surface area contributed by atoms with E-state index in [0.29, 0.717) is 19.3 Å². The third-order valence-electron chi connectivity index (χ3n) is 12.3. The van der Waals surface area contributed by atoms with Gasteiger partial charge in [0.1, 0.15) is 13.2 Å². The number of esters is 3. The van der Waals surface area contributed by atoms with Gasteiger partial charge in [0.05, 0.1) is 0 Å². The molecule has 0 saturated carbocycles. The first-order valence-corrected chi connectivity index (χ1v) is 28.1. The molecule has 6 heteroatoms. The molecule has 0 aliphatic carbocycles. The normalized spacial score (nSPS) is 12.4. The quantitative estimate of drug-likeness (QED) is 0.0262. The third kappa shape index (κ3) is 52.2. The summed E-state index contributed by atoms with van der Waals surface area (Å²) in [6.07, 6.45) is 65.3. The number of hydrogen-bond acceptors (Lipinski definition) is 6. The summed E-state index contributed by atoms with van der Waals surface area (Å²) in [4.78, 5) is 38.1. The lowest BCUT2D eigenvalue weighted by Gasteiger charge is -2.18. The smallest absolute Gasteiger partial charge is 0.306 e. The first-order valence-electron chi connectivity index (χ1n) is 28.1. The van der Waals surface area contributed by atoms with E-state index in [9.17, 15) is 14.4 Å². The van der Waals surface area contributed by atoms with Crippen molar-refractivity contribution in [2.24, 2.45) is 0 Å². The van der Waals surface area contributed by atoms with E-state index >= 15 is 0 Å². The molecule has 0 radical (unpaired) electrons. The molecule has 0 unspecified atom stereocenters. The molecule has 378 valence electrons. The Labute approximate surface area is 403 Å². The van der Waals surface area contributed by atoms with Gasteiger partial charge in [-0.1, -0.05) is 223 Å². The van der Waals surface area contributed by atoms with E-state index in [0.717, 1.165) is 77.0 Å². The molecule has 0 spiro atoms. The minimum absolute atomic E-state index is 0.0788. The zero-order chi connectivity index (χ0) is 47.2. The topological polar surface area (TPSA) is 78.9 Å². The monoisotopic (exact) mass is 911 g/mol. The molecule has 0 N–H and O–H groups in total. The van der Waals surface area contributed by atoms with Crippen LogP contribution in [0.4, 0.5) is 0 Å². The van der Waals surface area contributed by atoms with Crippen LogP contribution in [0, 0.1) is 0 Å². The van der Waals surface area contributed by atoms with Gasteiger partial charge in [-0.2, -0.15) is 0 Å². The van der Waals surface area contributed by atoms with Gasteiger partial charge in [0.25, 0.3) is 0 Å². The summed E-state index contributed by atoms with van der Waals surface area (Å²) in [7, 11) is 0. The maximum Gasteiger partial charge on any atom is 0.306 e. The van der Waals surface area contributed by atoms with Crippen molar-refractivity contribution in [1.82, 2.24) is 0 Å². The SMILES string of the molecule is CCCC/C=C\CCCCCCCC(=O)OC[C@@H](COC(=O)CCCCCCCCCCC/C=C\CCCCCCCC)OC(=O)CCCCCCCCC/C=C\C/C=C\CCCCC. The molecule has 0 amide bonds. The molecular formula is C59H106O6. The fraction of sp³-hybridized carbons (Fsp3) is 0.814. The molecule has 6 nitrogen and oxygen atoms in total. The van der Waals surface area contributed by atoms with Crippen molar-refractivity contribution in [3.8, 4) is 0 Å². The minimum Gasteiger partial charge on any atom is -0.462 e. The van der Waals surface area contributed by atoms with Gasteiger partial charge in [0.2, 0.25) is 0 Å². The molecule has 1 atom stereocenters. The zero-order valence-electron chi connectivity index (χ0n) is 43.3. The van der Waals surface area contributed by atoms with E-state index in [1.54, 1.807) is 0 Å². The number of hydrogen-bond donors (Lipinski definition) is 0. The van der Waals surface area contributed by atoms with Gasteiger partial charge in [-0.3, -0.25) is 14.4 Å². The van der Waals surface area contributed by atoms with E-state index in [-0.39, 0.29) is 31.1 Å². The summed E-state index contributed by atoms with van der Waals surface area (Å²) in [5.41, 5.74) is 0. The van der Waals surface area contributed by atoms with E-state index in [1.165, 1.54) is 173 Å². The average Bonchev–Trinajstić information content (AvgIpc) is 3.30. The third-order valence-corrected chi connectivity index (χ3v) is 12.3. The van der Waals surface area contributed by atoms with Crippen molar-refractivity contribution < 1.29 is 28.6 Å². The van der Waals surface area contributed by atoms with Gasteiger partial charge in [-0.15, -0.1) is 0 Å². The highest BCUT2D eigenvalue weighted by Gasteiger charge is 2.19. The summed E-state index contributed by atoms with van der Waals surface area (Å²) in [5.74, 6) is -0.888. The van der Waals surface area contributed by atoms with Crippen molar-refractivity contribution >= 4 is 17.9 Å². The van der Waals surface area contributed by atoms with Gasteiger partial charge in [-0.05, 0) is 96.3 Å². The standard InChI is InChI=1S/C59H106O6/c1-4-7-10-13-16-19-22-24-26-28-29-31-32-34-37-40-43-46-49-52-58(61)64-55-56(54-63-57(60)51-48-45-42-39-36-21-18-15-12-9-6-3)65-59(62)53-50-47-44-41-38-35-33-30-27-25-23-20-17-14-11-8-5-2/h15,17-18,20,24-27,56H,4-14,16,19,21-23,28-55H2,1-3H3/b18-15-,20-17-,26-24-,27-25-/t56-/m0/s1.